The normalized spacial score (nSPS) is 10.9. The highest BCUT2D eigenvalue weighted by atomic mass is 35.5. The molecule has 0 aliphatic heterocycles. The van der Waals surface area contributed by atoms with E-state index in [2.05, 4.69) is 4.98 Å². The second-order valence-electron chi connectivity index (χ2n) is 4.44. The van der Waals surface area contributed by atoms with Gasteiger partial charge in [0.2, 0.25) is 0 Å². The average Bonchev–Trinajstić information content (AvgIpc) is 2.81. The number of para-hydroxylation sites is 1. The number of nitrogens with two attached hydrogens (primary N) is 1. The molecule has 0 spiro atoms. The summed E-state index contributed by atoms with van der Waals surface area (Å²) in [4.78, 5) is 4.42. The molecule has 0 saturated heterocycles. The van der Waals surface area contributed by atoms with Gasteiger partial charge in [-0.2, -0.15) is 0 Å². The zero-order valence-electron chi connectivity index (χ0n) is 10.9. The lowest BCUT2D eigenvalue weighted by molar-refractivity contribution is 0.408. The highest BCUT2D eigenvalue weighted by molar-refractivity contribution is 6.33. The van der Waals surface area contributed by atoms with Crippen molar-refractivity contribution in [3.8, 4) is 5.75 Å². The van der Waals surface area contributed by atoms with Crippen molar-refractivity contribution in [1.29, 1.82) is 0 Å². The third-order valence-corrected chi connectivity index (χ3v) is 3.41. The maximum Gasteiger partial charge on any atom is 0.200 e. The second kappa shape index (κ2) is 5.06. The molecule has 1 aromatic heterocycles. The SMILES string of the molecule is COc1ccccc1Cc1nc2cc(Cl)c(N)cc2o1. The third kappa shape index (κ3) is 2.30. The van der Waals surface area contributed by atoms with Crippen LogP contribution in [0.3, 0.4) is 0 Å². The summed E-state index contributed by atoms with van der Waals surface area (Å²) in [5.41, 5.74) is 8.59. The molecule has 0 atom stereocenters. The van der Waals surface area contributed by atoms with Crippen LogP contribution < -0.4 is 10.5 Å². The fraction of sp³-hybridized carbons (Fsp3) is 0.133. The molecule has 0 aliphatic carbocycles. The van der Waals surface area contributed by atoms with Crippen molar-refractivity contribution in [2.75, 3.05) is 12.8 Å². The third-order valence-electron chi connectivity index (χ3n) is 3.09. The number of fused-ring (bicyclic) bond motifs is 1. The fourth-order valence-corrected chi connectivity index (χ4v) is 2.26. The fourth-order valence-electron chi connectivity index (χ4n) is 2.10. The van der Waals surface area contributed by atoms with Gasteiger partial charge in [-0.05, 0) is 12.1 Å². The number of ether oxygens (including phenoxy) is 1. The summed E-state index contributed by atoms with van der Waals surface area (Å²) in [6.07, 6.45) is 0.552. The van der Waals surface area contributed by atoms with Gasteiger partial charge in [-0.25, -0.2) is 4.98 Å². The molecule has 2 aromatic carbocycles. The topological polar surface area (TPSA) is 61.3 Å². The second-order valence-corrected chi connectivity index (χ2v) is 4.84. The van der Waals surface area contributed by atoms with E-state index < -0.39 is 0 Å². The zero-order valence-corrected chi connectivity index (χ0v) is 11.6. The highest BCUT2D eigenvalue weighted by Crippen LogP contribution is 2.28. The average molecular weight is 289 g/mol. The first-order valence-electron chi connectivity index (χ1n) is 6.13. The number of anilines is 1. The molecular weight excluding hydrogens is 276 g/mol. The van der Waals surface area contributed by atoms with E-state index in [4.69, 9.17) is 26.5 Å². The Kier molecular flexibility index (Phi) is 3.24. The van der Waals surface area contributed by atoms with Gasteiger partial charge in [-0.15, -0.1) is 0 Å². The van der Waals surface area contributed by atoms with Gasteiger partial charge >= 0.3 is 0 Å². The molecule has 102 valence electrons. The van der Waals surface area contributed by atoms with E-state index in [0.29, 0.717) is 34.1 Å². The van der Waals surface area contributed by atoms with Crippen LogP contribution in [-0.4, -0.2) is 12.1 Å². The maximum atomic E-state index is 5.98. The minimum Gasteiger partial charge on any atom is -0.496 e. The minimum atomic E-state index is 0.481. The van der Waals surface area contributed by atoms with Gasteiger partial charge in [0.25, 0.3) is 0 Å². The molecule has 3 rings (SSSR count). The quantitative estimate of drug-likeness (QED) is 0.747. The van der Waals surface area contributed by atoms with E-state index in [1.165, 1.54) is 0 Å². The van der Waals surface area contributed by atoms with Gasteiger partial charge in [-0.1, -0.05) is 29.8 Å². The van der Waals surface area contributed by atoms with Crippen LogP contribution in [0.1, 0.15) is 11.5 Å². The summed E-state index contributed by atoms with van der Waals surface area (Å²) in [7, 11) is 1.64. The molecule has 1 heterocycles. The molecule has 0 aliphatic rings. The first-order valence-corrected chi connectivity index (χ1v) is 6.51. The predicted molar refractivity (Wildman–Crippen MR) is 79.2 cm³/mol. The number of halogens is 1. The maximum absolute atomic E-state index is 5.98. The van der Waals surface area contributed by atoms with Crippen LogP contribution >= 0.6 is 11.6 Å². The number of hydrogen-bond acceptors (Lipinski definition) is 4. The van der Waals surface area contributed by atoms with Gasteiger partial charge in [0.1, 0.15) is 11.3 Å². The molecule has 5 heteroatoms. The lowest BCUT2D eigenvalue weighted by Crippen LogP contribution is -1.93. The van der Waals surface area contributed by atoms with Crippen molar-refractivity contribution in [1.82, 2.24) is 4.98 Å². The Morgan fingerprint density at radius 1 is 1.30 bits per heavy atom. The minimum absolute atomic E-state index is 0.481. The van der Waals surface area contributed by atoms with Crippen LogP contribution in [0.25, 0.3) is 11.1 Å². The van der Waals surface area contributed by atoms with Gasteiger partial charge in [0.05, 0.1) is 24.2 Å². The van der Waals surface area contributed by atoms with Crippen LogP contribution in [0.4, 0.5) is 5.69 Å². The Labute approximate surface area is 121 Å². The van der Waals surface area contributed by atoms with E-state index >= 15 is 0 Å². The summed E-state index contributed by atoms with van der Waals surface area (Å²) in [6.45, 7) is 0. The molecule has 0 unspecified atom stereocenters. The van der Waals surface area contributed by atoms with Crippen LogP contribution in [0.15, 0.2) is 40.8 Å². The van der Waals surface area contributed by atoms with Crippen molar-refractivity contribution in [2.45, 2.75) is 6.42 Å². The summed E-state index contributed by atoms with van der Waals surface area (Å²) in [5, 5.41) is 0.481. The van der Waals surface area contributed by atoms with Crippen molar-refractivity contribution in [2.24, 2.45) is 0 Å². The summed E-state index contributed by atoms with van der Waals surface area (Å²) >= 11 is 5.98. The Hall–Kier alpha value is -2.20. The Bertz CT molecular complexity index is 729. The van der Waals surface area contributed by atoms with Crippen molar-refractivity contribution in [3.63, 3.8) is 0 Å². The van der Waals surface area contributed by atoms with E-state index in [0.717, 1.165) is 11.3 Å². The first-order chi connectivity index (χ1) is 9.67. The van der Waals surface area contributed by atoms with Crippen LogP contribution in [0.2, 0.25) is 5.02 Å². The molecule has 0 bridgehead atoms. The van der Waals surface area contributed by atoms with Gasteiger partial charge in [0.15, 0.2) is 11.5 Å². The number of nitrogen functional groups attached to an aromatic ring is 1. The molecular formula is C15H13ClN2O2. The first kappa shape index (κ1) is 12.8. The van der Waals surface area contributed by atoms with Gasteiger partial charge < -0.3 is 14.9 Å². The van der Waals surface area contributed by atoms with Crippen LogP contribution in [0, 0.1) is 0 Å². The van der Waals surface area contributed by atoms with Crippen LogP contribution in [-0.2, 0) is 6.42 Å². The monoisotopic (exact) mass is 288 g/mol. The number of oxazole rings is 1. The Morgan fingerprint density at radius 3 is 2.90 bits per heavy atom. The Balaban J connectivity index is 1.99. The van der Waals surface area contributed by atoms with E-state index in [9.17, 15) is 0 Å². The van der Waals surface area contributed by atoms with Crippen molar-refractivity contribution >= 4 is 28.4 Å². The van der Waals surface area contributed by atoms with Crippen molar-refractivity contribution in [3.05, 3.63) is 52.9 Å². The lowest BCUT2D eigenvalue weighted by Gasteiger charge is -2.05. The number of methoxy groups -OCH3 is 1. The number of rotatable bonds is 3. The summed E-state index contributed by atoms with van der Waals surface area (Å²) < 4.78 is 11.0. The van der Waals surface area contributed by atoms with Crippen molar-refractivity contribution < 1.29 is 9.15 Å². The highest BCUT2D eigenvalue weighted by Gasteiger charge is 2.11. The standard InChI is InChI=1S/C15H13ClN2O2/c1-19-13-5-3-2-4-9(13)6-15-18-12-7-10(16)11(17)8-14(12)20-15/h2-5,7-8H,6,17H2,1H3. The molecule has 0 amide bonds. The van der Waals surface area contributed by atoms with Gasteiger partial charge in [-0.3, -0.25) is 0 Å². The number of hydrogen-bond donors (Lipinski definition) is 1. The molecule has 0 fully saturated rings. The van der Waals surface area contributed by atoms with Crippen LogP contribution in [0.5, 0.6) is 5.75 Å². The molecule has 0 saturated carbocycles. The predicted octanol–water partition coefficient (Wildman–Crippen LogP) is 3.66. The smallest absolute Gasteiger partial charge is 0.200 e. The molecule has 3 aromatic rings. The number of aromatic nitrogens is 1. The molecule has 20 heavy (non-hydrogen) atoms. The molecule has 4 nitrogen and oxygen atoms in total. The number of benzene rings is 2. The number of nitrogens with zero attached hydrogens (tertiary/aromatic N) is 1. The zero-order chi connectivity index (χ0) is 14.1. The summed E-state index contributed by atoms with van der Waals surface area (Å²) in [5.74, 6) is 1.42. The lowest BCUT2D eigenvalue weighted by atomic mass is 10.1. The summed E-state index contributed by atoms with van der Waals surface area (Å²) in [6, 6.07) is 11.2. The molecule has 2 N–H and O–H groups in total. The van der Waals surface area contributed by atoms with E-state index in [1.807, 2.05) is 24.3 Å². The molecule has 0 radical (unpaired) electrons. The Morgan fingerprint density at radius 2 is 2.10 bits per heavy atom. The van der Waals surface area contributed by atoms with E-state index in [-0.39, 0.29) is 0 Å². The largest absolute Gasteiger partial charge is 0.496 e. The van der Waals surface area contributed by atoms with E-state index in [1.54, 1.807) is 19.2 Å². The van der Waals surface area contributed by atoms with Gasteiger partial charge in [0, 0.05) is 11.6 Å².